The second-order valence-electron chi connectivity index (χ2n) is 6.60. The van der Waals surface area contributed by atoms with Crippen LogP contribution in [-0.4, -0.2) is 50.9 Å². The van der Waals surface area contributed by atoms with Gasteiger partial charge < -0.3 is 5.32 Å². The van der Waals surface area contributed by atoms with Crippen LogP contribution >= 0.6 is 0 Å². The fourth-order valence-electron chi connectivity index (χ4n) is 3.30. The third kappa shape index (κ3) is 3.80. The van der Waals surface area contributed by atoms with E-state index < -0.39 is 10.0 Å². The molecule has 2 aliphatic heterocycles. The van der Waals surface area contributed by atoms with Gasteiger partial charge in [-0.1, -0.05) is 6.92 Å². The predicted molar refractivity (Wildman–Crippen MR) is 79.0 cm³/mol. The van der Waals surface area contributed by atoms with E-state index in [1.807, 2.05) is 6.92 Å². The van der Waals surface area contributed by atoms with E-state index >= 15 is 0 Å². The number of sulfonamides is 1. The van der Waals surface area contributed by atoms with E-state index in [1.165, 1.54) is 10.6 Å². The molecule has 2 aliphatic rings. The number of Topliss-reactive ketones (excluding diaryl/α,β-unsaturated/α-hetero) is 1. The van der Waals surface area contributed by atoms with Crippen LogP contribution in [0.4, 0.5) is 0 Å². The quantitative estimate of drug-likeness (QED) is 0.841. The summed E-state index contributed by atoms with van der Waals surface area (Å²) in [6, 6.07) is 0. The van der Waals surface area contributed by atoms with Crippen molar-refractivity contribution in [2.75, 3.05) is 32.4 Å². The molecule has 2 unspecified atom stereocenters. The summed E-state index contributed by atoms with van der Waals surface area (Å²) in [4.78, 5) is 12.5. The molecule has 1 N–H and O–H groups in total. The zero-order valence-corrected chi connectivity index (χ0v) is 13.3. The minimum atomic E-state index is -3.12. The first-order valence-corrected chi connectivity index (χ1v) is 9.35. The van der Waals surface area contributed by atoms with Crippen molar-refractivity contribution in [3.63, 3.8) is 0 Å². The molecule has 6 heteroatoms. The van der Waals surface area contributed by atoms with Gasteiger partial charge in [-0.25, -0.2) is 12.7 Å². The lowest BCUT2D eigenvalue weighted by molar-refractivity contribution is -0.130. The molecule has 0 aromatic heterocycles. The number of hydrogen-bond donors (Lipinski definition) is 1. The van der Waals surface area contributed by atoms with Crippen LogP contribution in [0.3, 0.4) is 0 Å². The second-order valence-corrected chi connectivity index (χ2v) is 8.58. The van der Waals surface area contributed by atoms with Crippen molar-refractivity contribution in [2.45, 2.75) is 39.0 Å². The van der Waals surface area contributed by atoms with Crippen molar-refractivity contribution < 1.29 is 13.2 Å². The Kier molecular flexibility index (Phi) is 4.87. The maximum atomic E-state index is 12.5. The number of carbonyl (C=O) groups excluding carboxylic acids is 1. The molecule has 2 fully saturated rings. The minimum absolute atomic E-state index is 0.185. The molecule has 0 aromatic carbocycles. The monoisotopic (exact) mass is 302 g/mol. The third-order valence-electron chi connectivity index (χ3n) is 4.70. The highest BCUT2D eigenvalue weighted by molar-refractivity contribution is 7.88. The van der Waals surface area contributed by atoms with Crippen LogP contribution < -0.4 is 5.32 Å². The molecule has 0 radical (unpaired) electrons. The van der Waals surface area contributed by atoms with Crippen LogP contribution in [0.2, 0.25) is 0 Å². The van der Waals surface area contributed by atoms with Crippen LogP contribution in [0.15, 0.2) is 0 Å². The molecule has 0 bridgehead atoms. The summed E-state index contributed by atoms with van der Waals surface area (Å²) >= 11 is 0. The lowest BCUT2D eigenvalue weighted by Crippen LogP contribution is -2.45. The Hall–Kier alpha value is -0.460. The van der Waals surface area contributed by atoms with Gasteiger partial charge in [0.15, 0.2) is 0 Å². The molecule has 0 spiro atoms. The van der Waals surface area contributed by atoms with Crippen LogP contribution in [-0.2, 0) is 14.8 Å². The van der Waals surface area contributed by atoms with Gasteiger partial charge in [0.2, 0.25) is 10.0 Å². The van der Waals surface area contributed by atoms with E-state index in [0.717, 1.165) is 38.8 Å². The van der Waals surface area contributed by atoms with Crippen molar-refractivity contribution >= 4 is 15.8 Å². The topological polar surface area (TPSA) is 66.5 Å². The molecule has 2 saturated heterocycles. The molecule has 0 aliphatic carbocycles. The smallest absolute Gasteiger partial charge is 0.211 e. The number of piperidine rings is 2. The van der Waals surface area contributed by atoms with Gasteiger partial charge in [0.25, 0.3) is 0 Å². The normalized spacial score (nSPS) is 33.0. The average Bonchev–Trinajstić information content (AvgIpc) is 2.39. The molecule has 2 heterocycles. The zero-order valence-electron chi connectivity index (χ0n) is 12.5. The molecule has 20 heavy (non-hydrogen) atoms. The Morgan fingerprint density at radius 3 is 2.75 bits per heavy atom. The average molecular weight is 302 g/mol. The van der Waals surface area contributed by atoms with Crippen molar-refractivity contribution in [3.05, 3.63) is 0 Å². The molecule has 116 valence electrons. The zero-order chi connectivity index (χ0) is 14.8. The van der Waals surface area contributed by atoms with Crippen LogP contribution in [0.25, 0.3) is 0 Å². The van der Waals surface area contributed by atoms with Crippen LogP contribution in [0.1, 0.15) is 39.0 Å². The van der Waals surface area contributed by atoms with Crippen LogP contribution in [0, 0.1) is 11.3 Å². The fraction of sp³-hybridized carbons (Fsp3) is 0.929. The molecule has 2 rings (SSSR count). The number of nitrogens with zero attached hydrogens (tertiary/aromatic N) is 1. The van der Waals surface area contributed by atoms with Gasteiger partial charge in [-0.3, -0.25) is 4.79 Å². The minimum Gasteiger partial charge on any atom is -0.316 e. The molecular weight excluding hydrogens is 276 g/mol. The molecular formula is C14H26N2O3S. The van der Waals surface area contributed by atoms with E-state index in [4.69, 9.17) is 0 Å². The van der Waals surface area contributed by atoms with Gasteiger partial charge in [-0.15, -0.1) is 0 Å². The Balaban J connectivity index is 1.94. The highest BCUT2D eigenvalue weighted by atomic mass is 32.2. The van der Waals surface area contributed by atoms with E-state index in [-0.39, 0.29) is 11.3 Å². The first-order valence-electron chi connectivity index (χ1n) is 7.50. The molecule has 5 nitrogen and oxygen atoms in total. The van der Waals surface area contributed by atoms with Crippen molar-refractivity contribution in [3.8, 4) is 0 Å². The Bertz CT molecular complexity index is 455. The predicted octanol–water partition coefficient (Wildman–Crippen LogP) is 1.01. The first-order chi connectivity index (χ1) is 9.31. The van der Waals surface area contributed by atoms with Crippen molar-refractivity contribution in [1.82, 2.24) is 9.62 Å². The Labute approximate surface area is 122 Å². The van der Waals surface area contributed by atoms with Gasteiger partial charge in [-0.2, -0.15) is 0 Å². The van der Waals surface area contributed by atoms with E-state index in [2.05, 4.69) is 5.32 Å². The molecule has 0 saturated carbocycles. The summed E-state index contributed by atoms with van der Waals surface area (Å²) < 4.78 is 24.8. The van der Waals surface area contributed by atoms with Gasteiger partial charge >= 0.3 is 0 Å². The van der Waals surface area contributed by atoms with Crippen molar-refractivity contribution in [1.29, 1.82) is 0 Å². The van der Waals surface area contributed by atoms with Crippen molar-refractivity contribution in [2.24, 2.45) is 11.3 Å². The largest absolute Gasteiger partial charge is 0.316 e. The summed E-state index contributed by atoms with van der Waals surface area (Å²) in [5.41, 5.74) is -0.258. The first kappa shape index (κ1) is 15.9. The Morgan fingerprint density at radius 1 is 1.40 bits per heavy atom. The number of carbonyl (C=O) groups is 1. The summed E-state index contributed by atoms with van der Waals surface area (Å²) in [5, 5.41) is 3.30. The fourth-order valence-corrected chi connectivity index (χ4v) is 4.24. The number of ketones is 1. The van der Waals surface area contributed by atoms with E-state index in [9.17, 15) is 13.2 Å². The Morgan fingerprint density at radius 2 is 2.15 bits per heavy atom. The van der Waals surface area contributed by atoms with E-state index in [1.54, 1.807) is 0 Å². The van der Waals surface area contributed by atoms with Gasteiger partial charge in [0.05, 0.1) is 6.26 Å². The van der Waals surface area contributed by atoms with Gasteiger partial charge in [-0.05, 0) is 38.1 Å². The maximum Gasteiger partial charge on any atom is 0.211 e. The van der Waals surface area contributed by atoms with Gasteiger partial charge in [0.1, 0.15) is 5.78 Å². The van der Waals surface area contributed by atoms with E-state index in [0.29, 0.717) is 25.3 Å². The third-order valence-corrected chi connectivity index (χ3v) is 5.96. The number of hydrogen-bond acceptors (Lipinski definition) is 4. The highest BCUT2D eigenvalue weighted by Gasteiger charge is 2.36. The number of nitrogens with one attached hydrogen (secondary N) is 1. The summed E-state index contributed by atoms with van der Waals surface area (Å²) in [6.45, 7) is 4.90. The lowest BCUT2D eigenvalue weighted by Gasteiger charge is -2.36. The SMILES string of the molecule is CC1(C(=O)CC2CCCN(S(C)(=O)=O)C2)CCCNC1. The summed E-state index contributed by atoms with van der Waals surface area (Å²) in [6.07, 6.45) is 5.58. The van der Waals surface area contributed by atoms with Crippen LogP contribution in [0.5, 0.6) is 0 Å². The standard InChI is InChI=1S/C14H26N2O3S/c1-14(6-4-7-15-11-14)13(17)9-12-5-3-8-16(10-12)20(2,18)19/h12,15H,3-11H2,1-2H3. The van der Waals surface area contributed by atoms with Gasteiger partial charge in [0, 0.05) is 31.5 Å². The lowest BCUT2D eigenvalue weighted by atomic mass is 9.75. The number of rotatable bonds is 4. The molecule has 0 amide bonds. The summed E-state index contributed by atoms with van der Waals surface area (Å²) in [5.74, 6) is 0.481. The summed E-state index contributed by atoms with van der Waals surface area (Å²) in [7, 11) is -3.12. The highest BCUT2D eigenvalue weighted by Crippen LogP contribution is 2.31. The molecule has 2 atom stereocenters. The molecule has 0 aromatic rings. The second kappa shape index (κ2) is 6.12. The maximum absolute atomic E-state index is 12.5.